The number of hydrogen-bond acceptors (Lipinski definition) is 1. The molecule has 0 aliphatic heterocycles. The third-order valence-electron chi connectivity index (χ3n) is 1.16. The van der Waals surface area contributed by atoms with E-state index in [4.69, 9.17) is 17.3 Å². The van der Waals surface area contributed by atoms with Crippen LogP contribution in [0.5, 0.6) is 0 Å². The molecule has 9 heavy (non-hydrogen) atoms. The molecule has 0 aromatic rings. The SMILES string of the molecule is NC1C=C(F)C(Cl)=CC1. The van der Waals surface area contributed by atoms with E-state index < -0.39 is 5.83 Å². The van der Waals surface area contributed by atoms with E-state index >= 15 is 0 Å². The first-order valence-corrected chi connectivity index (χ1v) is 3.07. The van der Waals surface area contributed by atoms with Crippen LogP contribution in [0.2, 0.25) is 0 Å². The zero-order valence-electron chi connectivity index (χ0n) is 4.77. The molecule has 0 aromatic carbocycles. The van der Waals surface area contributed by atoms with Crippen LogP contribution in [0.3, 0.4) is 0 Å². The quantitative estimate of drug-likeness (QED) is 0.555. The number of rotatable bonds is 0. The highest BCUT2D eigenvalue weighted by Gasteiger charge is 2.09. The Morgan fingerprint density at radius 1 is 1.78 bits per heavy atom. The number of halogens is 2. The lowest BCUT2D eigenvalue weighted by atomic mass is 10.1. The molecular weight excluding hydrogens is 141 g/mol. The second kappa shape index (κ2) is 2.50. The van der Waals surface area contributed by atoms with Crippen LogP contribution in [0.4, 0.5) is 4.39 Å². The lowest BCUT2D eigenvalue weighted by molar-refractivity contribution is 0.633. The standard InChI is InChI=1S/C6H7ClFN/c7-5-2-1-4(9)3-6(5)8/h2-4H,1,9H2. The summed E-state index contributed by atoms with van der Waals surface area (Å²) in [6.45, 7) is 0. The van der Waals surface area contributed by atoms with Crippen molar-refractivity contribution < 1.29 is 4.39 Å². The lowest BCUT2D eigenvalue weighted by Gasteiger charge is -2.08. The van der Waals surface area contributed by atoms with Gasteiger partial charge in [-0.05, 0) is 12.5 Å². The van der Waals surface area contributed by atoms with Gasteiger partial charge in [0, 0.05) is 6.04 Å². The van der Waals surface area contributed by atoms with Gasteiger partial charge in [0.2, 0.25) is 0 Å². The van der Waals surface area contributed by atoms with E-state index in [-0.39, 0.29) is 11.1 Å². The molecule has 0 amide bonds. The zero-order chi connectivity index (χ0) is 6.85. The van der Waals surface area contributed by atoms with Crippen LogP contribution >= 0.6 is 11.6 Å². The number of nitrogens with two attached hydrogens (primary N) is 1. The van der Waals surface area contributed by atoms with Gasteiger partial charge in [-0.3, -0.25) is 0 Å². The summed E-state index contributed by atoms with van der Waals surface area (Å²) in [5, 5.41) is 0.178. The first-order valence-electron chi connectivity index (χ1n) is 2.69. The van der Waals surface area contributed by atoms with Gasteiger partial charge in [0.15, 0.2) is 0 Å². The number of allylic oxidation sites excluding steroid dienone is 2. The molecule has 1 nitrogen and oxygen atoms in total. The minimum atomic E-state index is -0.407. The van der Waals surface area contributed by atoms with Crippen LogP contribution in [0.25, 0.3) is 0 Å². The summed E-state index contributed by atoms with van der Waals surface area (Å²) in [6, 6.07) is -0.201. The summed E-state index contributed by atoms with van der Waals surface area (Å²) >= 11 is 5.39. The van der Waals surface area contributed by atoms with Gasteiger partial charge in [0.05, 0.1) is 5.03 Å². The summed E-state index contributed by atoms with van der Waals surface area (Å²) in [5.41, 5.74) is 5.37. The summed E-state index contributed by atoms with van der Waals surface area (Å²) in [7, 11) is 0. The molecule has 0 spiro atoms. The molecule has 50 valence electrons. The maximum Gasteiger partial charge on any atom is 0.139 e. The third kappa shape index (κ3) is 1.53. The minimum Gasteiger partial charge on any atom is -0.324 e. The van der Waals surface area contributed by atoms with Crippen molar-refractivity contribution in [1.29, 1.82) is 0 Å². The monoisotopic (exact) mass is 147 g/mol. The minimum absolute atomic E-state index is 0.178. The lowest BCUT2D eigenvalue weighted by Crippen LogP contribution is -2.18. The second-order valence-electron chi connectivity index (χ2n) is 1.97. The van der Waals surface area contributed by atoms with Gasteiger partial charge in [0.25, 0.3) is 0 Å². The Kier molecular flexibility index (Phi) is 1.88. The Balaban J connectivity index is 2.75. The average Bonchev–Trinajstić information content (AvgIpc) is 1.80. The summed E-state index contributed by atoms with van der Waals surface area (Å²) in [5.74, 6) is -0.407. The van der Waals surface area contributed by atoms with Crippen molar-refractivity contribution in [3.05, 3.63) is 23.0 Å². The molecule has 1 aliphatic rings. The van der Waals surface area contributed by atoms with Crippen molar-refractivity contribution in [2.45, 2.75) is 12.5 Å². The molecule has 1 unspecified atom stereocenters. The molecule has 1 rings (SSSR count). The van der Waals surface area contributed by atoms with Crippen molar-refractivity contribution in [3.8, 4) is 0 Å². The van der Waals surface area contributed by atoms with E-state index in [1.165, 1.54) is 6.08 Å². The highest BCUT2D eigenvalue weighted by Crippen LogP contribution is 2.21. The van der Waals surface area contributed by atoms with Gasteiger partial charge in [0.1, 0.15) is 5.83 Å². The van der Waals surface area contributed by atoms with Crippen molar-refractivity contribution in [3.63, 3.8) is 0 Å². The first kappa shape index (κ1) is 6.78. The van der Waals surface area contributed by atoms with E-state index in [9.17, 15) is 4.39 Å². The molecule has 0 aromatic heterocycles. The highest BCUT2D eigenvalue weighted by atomic mass is 35.5. The highest BCUT2D eigenvalue weighted by molar-refractivity contribution is 6.31. The predicted octanol–water partition coefficient (Wildman–Crippen LogP) is 1.69. The van der Waals surface area contributed by atoms with Crippen molar-refractivity contribution in [2.75, 3.05) is 0 Å². The van der Waals surface area contributed by atoms with Crippen LogP contribution in [0.1, 0.15) is 6.42 Å². The van der Waals surface area contributed by atoms with Gasteiger partial charge >= 0.3 is 0 Å². The third-order valence-corrected chi connectivity index (χ3v) is 1.49. The second-order valence-corrected chi connectivity index (χ2v) is 2.37. The summed E-state index contributed by atoms with van der Waals surface area (Å²) < 4.78 is 12.4. The summed E-state index contributed by atoms with van der Waals surface area (Å²) in [4.78, 5) is 0. The molecule has 0 heterocycles. The molecule has 1 aliphatic carbocycles. The molecule has 0 fully saturated rings. The van der Waals surface area contributed by atoms with Gasteiger partial charge in [-0.15, -0.1) is 0 Å². The van der Waals surface area contributed by atoms with Crippen LogP contribution in [0, 0.1) is 0 Å². The van der Waals surface area contributed by atoms with E-state index in [0.29, 0.717) is 6.42 Å². The zero-order valence-corrected chi connectivity index (χ0v) is 5.53. The topological polar surface area (TPSA) is 26.0 Å². The van der Waals surface area contributed by atoms with Gasteiger partial charge in [-0.1, -0.05) is 17.7 Å². The van der Waals surface area contributed by atoms with E-state index in [2.05, 4.69) is 0 Å². The van der Waals surface area contributed by atoms with Gasteiger partial charge in [-0.2, -0.15) is 0 Å². The molecular formula is C6H7ClFN. The molecule has 2 N–H and O–H groups in total. The molecule has 3 heteroatoms. The maximum absolute atomic E-state index is 12.4. The Morgan fingerprint density at radius 3 is 2.89 bits per heavy atom. The van der Waals surface area contributed by atoms with Crippen LogP contribution in [-0.4, -0.2) is 6.04 Å². The van der Waals surface area contributed by atoms with Gasteiger partial charge < -0.3 is 5.73 Å². The molecule has 0 radical (unpaired) electrons. The average molecular weight is 148 g/mol. The molecule has 0 saturated heterocycles. The van der Waals surface area contributed by atoms with E-state index in [1.54, 1.807) is 6.08 Å². The van der Waals surface area contributed by atoms with E-state index in [0.717, 1.165) is 0 Å². The van der Waals surface area contributed by atoms with Crippen molar-refractivity contribution in [1.82, 2.24) is 0 Å². The van der Waals surface area contributed by atoms with Crippen molar-refractivity contribution >= 4 is 11.6 Å². The first-order chi connectivity index (χ1) is 4.20. The Bertz CT molecular complexity index is 174. The normalized spacial score (nSPS) is 27.2. The Morgan fingerprint density at radius 2 is 2.44 bits per heavy atom. The largest absolute Gasteiger partial charge is 0.324 e. The molecule has 0 bridgehead atoms. The summed E-state index contributed by atoms with van der Waals surface area (Å²) in [6.07, 6.45) is 3.54. The maximum atomic E-state index is 12.4. The smallest absolute Gasteiger partial charge is 0.139 e. The van der Waals surface area contributed by atoms with Gasteiger partial charge in [-0.25, -0.2) is 4.39 Å². The fraction of sp³-hybridized carbons (Fsp3) is 0.333. The fourth-order valence-electron chi connectivity index (χ4n) is 0.673. The van der Waals surface area contributed by atoms with Crippen LogP contribution in [-0.2, 0) is 0 Å². The molecule has 0 saturated carbocycles. The Hall–Kier alpha value is -0.340. The van der Waals surface area contributed by atoms with Crippen molar-refractivity contribution in [2.24, 2.45) is 5.73 Å². The molecule has 1 atom stereocenters. The number of hydrogen-bond donors (Lipinski definition) is 1. The van der Waals surface area contributed by atoms with Crippen LogP contribution in [0.15, 0.2) is 23.0 Å². The fourth-order valence-corrected chi connectivity index (χ4v) is 0.825. The predicted molar refractivity (Wildman–Crippen MR) is 35.7 cm³/mol. The van der Waals surface area contributed by atoms with E-state index in [1.807, 2.05) is 0 Å². The van der Waals surface area contributed by atoms with Crippen LogP contribution < -0.4 is 5.73 Å². The Labute approximate surface area is 58.0 Å².